The largest absolute Gasteiger partial charge is 0.351 e. The van der Waals surface area contributed by atoms with Gasteiger partial charge in [0.25, 0.3) is 0 Å². The highest BCUT2D eigenvalue weighted by molar-refractivity contribution is 7.89. The molecule has 0 heterocycles. The molecule has 1 amide bonds. The minimum atomic E-state index is -3.78. The van der Waals surface area contributed by atoms with Crippen LogP contribution in [0.15, 0.2) is 53.4 Å². The highest BCUT2D eigenvalue weighted by Crippen LogP contribution is 2.15. The Kier molecular flexibility index (Phi) is 7.16. The van der Waals surface area contributed by atoms with Crippen LogP contribution in [0.5, 0.6) is 0 Å². The fraction of sp³-hybridized carbons (Fsp3) is 0.381. The van der Waals surface area contributed by atoms with Crippen molar-refractivity contribution in [2.75, 3.05) is 0 Å². The second-order valence-corrected chi connectivity index (χ2v) is 8.71. The molecule has 6 heteroatoms. The van der Waals surface area contributed by atoms with Crippen molar-refractivity contribution in [2.24, 2.45) is 5.92 Å². The van der Waals surface area contributed by atoms with Gasteiger partial charge in [-0.2, -0.15) is 4.72 Å². The Labute approximate surface area is 162 Å². The minimum Gasteiger partial charge on any atom is -0.351 e. The van der Waals surface area contributed by atoms with Crippen LogP contribution in [0.25, 0.3) is 0 Å². The highest BCUT2D eigenvalue weighted by Gasteiger charge is 2.29. The number of sulfonamides is 1. The molecule has 5 nitrogen and oxygen atoms in total. The Morgan fingerprint density at radius 2 is 1.48 bits per heavy atom. The molecule has 2 rings (SSSR count). The number of nitrogens with one attached hydrogen (secondary N) is 2. The molecule has 0 saturated carbocycles. The molecule has 0 aliphatic carbocycles. The van der Waals surface area contributed by atoms with Crippen LogP contribution in [0.1, 0.15) is 37.0 Å². The van der Waals surface area contributed by atoms with Crippen LogP contribution in [-0.4, -0.2) is 20.4 Å². The van der Waals surface area contributed by atoms with Crippen molar-refractivity contribution >= 4 is 15.9 Å². The number of amides is 1. The summed E-state index contributed by atoms with van der Waals surface area (Å²) in [5.74, 6) is -0.455. The van der Waals surface area contributed by atoms with Crippen LogP contribution in [0, 0.1) is 19.8 Å². The standard InChI is InChI=1S/C21H28N2O3S/c1-5-17(4)20(21(24)22-14-18-10-6-15(2)7-11-18)23-27(25,26)19-12-8-16(3)9-13-19/h6-13,17,20,23H,5,14H2,1-4H3,(H,22,24)/t17-,20-/m1/s1. The Balaban J connectivity index is 2.12. The lowest BCUT2D eigenvalue weighted by molar-refractivity contribution is -0.124. The van der Waals surface area contributed by atoms with E-state index in [1.165, 1.54) is 0 Å². The number of hydrogen-bond acceptors (Lipinski definition) is 3. The predicted molar refractivity (Wildman–Crippen MR) is 108 cm³/mol. The van der Waals surface area contributed by atoms with E-state index >= 15 is 0 Å². The van der Waals surface area contributed by atoms with E-state index in [1.54, 1.807) is 24.3 Å². The van der Waals surface area contributed by atoms with Gasteiger partial charge in [-0.15, -0.1) is 0 Å². The van der Waals surface area contributed by atoms with Crippen molar-refractivity contribution in [3.8, 4) is 0 Å². The van der Waals surface area contributed by atoms with E-state index in [4.69, 9.17) is 0 Å². The van der Waals surface area contributed by atoms with E-state index in [0.29, 0.717) is 13.0 Å². The van der Waals surface area contributed by atoms with Crippen LogP contribution < -0.4 is 10.0 Å². The van der Waals surface area contributed by atoms with E-state index < -0.39 is 16.1 Å². The van der Waals surface area contributed by atoms with Crippen molar-refractivity contribution in [3.05, 3.63) is 65.2 Å². The number of rotatable bonds is 8. The third-order valence-corrected chi connectivity index (χ3v) is 6.15. The average Bonchev–Trinajstić information content (AvgIpc) is 2.65. The first-order chi connectivity index (χ1) is 12.7. The van der Waals surface area contributed by atoms with Gasteiger partial charge in [0.15, 0.2) is 0 Å². The molecule has 0 saturated heterocycles. The van der Waals surface area contributed by atoms with Gasteiger partial charge in [0.1, 0.15) is 6.04 Å². The number of aryl methyl sites for hydroxylation is 2. The Hall–Kier alpha value is -2.18. The summed E-state index contributed by atoms with van der Waals surface area (Å²) >= 11 is 0. The Morgan fingerprint density at radius 1 is 0.963 bits per heavy atom. The van der Waals surface area contributed by atoms with Crippen LogP contribution in [0.4, 0.5) is 0 Å². The molecule has 0 bridgehead atoms. The second-order valence-electron chi connectivity index (χ2n) is 7.00. The van der Waals surface area contributed by atoms with Crippen LogP contribution in [0.3, 0.4) is 0 Å². The summed E-state index contributed by atoms with van der Waals surface area (Å²) in [6.07, 6.45) is 0.680. The lowest BCUT2D eigenvalue weighted by atomic mass is 9.99. The third kappa shape index (κ3) is 5.91. The van der Waals surface area contributed by atoms with Gasteiger partial charge < -0.3 is 5.32 Å². The fourth-order valence-electron chi connectivity index (χ4n) is 2.62. The summed E-state index contributed by atoms with van der Waals surface area (Å²) < 4.78 is 28.0. The molecule has 27 heavy (non-hydrogen) atoms. The Bertz CT molecular complexity index is 859. The van der Waals surface area contributed by atoms with Gasteiger partial charge in [0.05, 0.1) is 4.90 Å². The van der Waals surface area contributed by atoms with Gasteiger partial charge in [-0.25, -0.2) is 8.42 Å². The molecule has 2 atom stereocenters. The van der Waals surface area contributed by atoms with Crippen LogP contribution in [-0.2, 0) is 21.4 Å². The van der Waals surface area contributed by atoms with Gasteiger partial charge in [-0.3, -0.25) is 4.79 Å². The van der Waals surface area contributed by atoms with Crippen molar-refractivity contribution in [1.29, 1.82) is 0 Å². The zero-order valence-corrected chi connectivity index (χ0v) is 17.1. The number of hydrogen-bond donors (Lipinski definition) is 2. The lowest BCUT2D eigenvalue weighted by Gasteiger charge is -2.23. The van der Waals surface area contributed by atoms with Crippen molar-refractivity contribution in [2.45, 2.75) is 51.6 Å². The summed E-state index contributed by atoms with van der Waals surface area (Å²) in [7, 11) is -3.78. The van der Waals surface area contributed by atoms with E-state index in [-0.39, 0.29) is 16.7 Å². The van der Waals surface area contributed by atoms with Gasteiger partial charge in [-0.05, 0) is 37.5 Å². The molecule has 0 radical (unpaired) electrons. The zero-order chi connectivity index (χ0) is 20.0. The van der Waals surface area contributed by atoms with E-state index in [2.05, 4.69) is 10.0 Å². The molecular formula is C21H28N2O3S. The molecule has 2 N–H and O–H groups in total. The summed E-state index contributed by atoms with van der Waals surface area (Å²) in [6, 6.07) is 13.6. The second kappa shape index (κ2) is 9.15. The summed E-state index contributed by atoms with van der Waals surface area (Å²) in [4.78, 5) is 12.9. The molecule has 2 aromatic rings. The van der Waals surface area contributed by atoms with Crippen molar-refractivity contribution in [1.82, 2.24) is 10.0 Å². The molecule has 0 aromatic heterocycles. The first-order valence-electron chi connectivity index (χ1n) is 9.15. The molecule has 0 fully saturated rings. The van der Waals surface area contributed by atoms with Gasteiger partial charge >= 0.3 is 0 Å². The maximum absolute atomic E-state index is 12.7. The average molecular weight is 389 g/mol. The first kappa shape index (κ1) is 21.1. The van der Waals surface area contributed by atoms with Crippen LogP contribution >= 0.6 is 0 Å². The SMILES string of the molecule is CC[C@@H](C)[C@@H](NS(=O)(=O)c1ccc(C)cc1)C(=O)NCc1ccc(C)cc1. The number of carbonyl (C=O) groups is 1. The number of benzene rings is 2. The zero-order valence-electron chi connectivity index (χ0n) is 16.3. The molecule has 0 spiro atoms. The highest BCUT2D eigenvalue weighted by atomic mass is 32.2. The molecular weight excluding hydrogens is 360 g/mol. The molecule has 0 unspecified atom stereocenters. The normalized spacial score (nSPS) is 13.8. The maximum atomic E-state index is 12.7. The fourth-order valence-corrected chi connectivity index (χ4v) is 3.93. The van der Waals surface area contributed by atoms with Gasteiger partial charge in [0.2, 0.25) is 15.9 Å². The molecule has 146 valence electrons. The topological polar surface area (TPSA) is 75.3 Å². The summed E-state index contributed by atoms with van der Waals surface area (Å²) in [5, 5.41) is 2.85. The molecule has 0 aliphatic heterocycles. The summed E-state index contributed by atoms with van der Waals surface area (Å²) in [5.41, 5.74) is 3.09. The van der Waals surface area contributed by atoms with Crippen molar-refractivity contribution in [3.63, 3.8) is 0 Å². The third-order valence-electron chi connectivity index (χ3n) is 4.70. The monoisotopic (exact) mass is 388 g/mol. The number of carbonyl (C=O) groups excluding carboxylic acids is 1. The van der Waals surface area contributed by atoms with E-state index in [1.807, 2.05) is 52.0 Å². The quantitative estimate of drug-likeness (QED) is 0.728. The first-order valence-corrected chi connectivity index (χ1v) is 10.6. The van der Waals surface area contributed by atoms with E-state index in [9.17, 15) is 13.2 Å². The predicted octanol–water partition coefficient (Wildman–Crippen LogP) is 3.31. The van der Waals surface area contributed by atoms with Crippen LogP contribution in [0.2, 0.25) is 0 Å². The van der Waals surface area contributed by atoms with E-state index in [0.717, 1.165) is 16.7 Å². The summed E-state index contributed by atoms with van der Waals surface area (Å²) in [6.45, 7) is 8.06. The Morgan fingerprint density at radius 3 is 2.00 bits per heavy atom. The minimum absolute atomic E-state index is 0.136. The van der Waals surface area contributed by atoms with Gasteiger partial charge in [0, 0.05) is 6.54 Å². The maximum Gasteiger partial charge on any atom is 0.241 e. The smallest absolute Gasteiger partial charge is 0.241 e. The van der Waals surface area contributed by atoms with Crippen molar-refractivity contribution < 1.29 is 13.2 Å². The lowest BCUT2D eigenvalue weighted by Crippen LogP contribution is -2.49. The van der Waals surface area contributed by atoms with Gasteiger partial charge in [-0.1, -0.05) is 67.8 Å². The molecule has 2 aromatic carbocycles. The molecule has 0 aliphatic rings.